The van der Waals surface area contributed by atoms with Gasteiger partial charge in [0.2, 0.25) is 0 Å². The fourth-order valence-electron chi connectivity index (χ4n) is 1.63. The van der Waals surface area contributed by atoms with Crippen molar-refractivity contribution < 1.29 is 9.47 Å². The van der Waals surface area contributed by atoms with E-state index in [0.717, 1.165) is 38.5 Å². The van der Waals surface area contributed by atoms with Gasteiger partial charge in [0.05, 0.1) is 13.2 Å². The molecule has 1 N–H and O–H groups in total. The van der Waals surface area contributed by atoms with Crippen molar-refractivity contribution in [2.45, 2.75) is 45.8 Å². The third-order valence-electron chi connectivity index (χ3n) is 2.69. The molecule has 1 aromatic rings. The molecule has 0 unspecified atom stereocenters. The third kappa shape index (κ3) is 7.30. The summed E-state index contributed by atoms with van der Waals surface area (Å²) in [5.41, 5.74) is 0.105. The second-order valence-electron chi connectivity index (χ2n) is 5.60. The highest BCUT2D eigenvalue weighted by molar-refractivity contribution is 4.93. The summed E-state index contributed by atoms with van der Waals surface area (Å²) in [6.45, 7) is 10.3. The monoisotopic (exact) mass is 269 g/mol. The second-order valence-corrected chi connectivity index (χ2v) is 5.60. The maximum atomic E-state index is 5.56. The lowest BCUT2D eigenvalue weighted by Gasteiger charge is -2.20. The summed E-state index contributed by atoms with van der Waals surface area (Å²) in [6.07, 6.45) is 4.78. The summed E-state index contributed by atoms with van der Waals surface area (Å²) < 4.78 is 12.7. The van der Waals surface area contributed by atoms with E-state index in [2.05, 4.69) is 35.6 Å². The Labute approximate surface area is 116 Å². The first-order valence-electron chi connectivity index (χ1n) is 6.84. The van der Waals surface area contributed by atoms with E-state index in [0.29, 0.717) is 6.61 Å². The van der Waals surface area contributed by atoms with Gasteiger partial charge in [0.15, 0.2) is 0 Å². The Bertz CT molecular complexity index is 345. The van der Waals surface area contributed by atoms with Gasteiger partial charge in [-0.2, -0.15) is 0 Å². The normalized spacial score (nSPS) is 12.0. The number of imidazole rings is 1. The molecule has 0 radical (unpaired) electrons. The van der Waals surface area contributed by atoms with Crippen molar-refractivity contribution in [3.63, 3.8) is 0 Å². The molecule has 0 atom stereocenters. The van der Waals surface area contributed by atoms with Crippen molar-refractivity contribution in [1.29, 1.82) is 0 Å². The van der Waals surface area contributed by atoms with E-state index < -0.39 is 0 Å². The van der Waals surface area contributed by atoms with Crippen LogP contribution in [-0.2, 0) is 22.6 Å². The minimum absolute atomic E-state index is 0.105. The van der Waals surface area contributed by atoms with Gasteiger partial charge in [-0.1, -0.05) is 0 Å². The molecular weight excluding hydrogens is 242 g/mol. The zero-order valence-corrected chi connectivity index (χ0v) is 12.6. The molecule has 0 spiro atoms. The lowest BCUT2D eigenvalue weighted by atomic mass is 10.1. The molecule has 0 bridgehead atoms. The summed E-state index contributed by atoms with van der Waals surface area (Å²) in [6, 6.07) is 0. The maximum absolute atomic E-state index is 5.56. The van der Waals surface area contributed by atoms with Crippen LogP contribution in [0.3, 0.4) is 0 Å². The van der Waals surface area contributed by atoms with Crippen LogP contribution in [0.25, 0.3) is 0 Å². The number of methoxy groups -OCH3 is 1. The van der Waals surface area contributed by atoms with E-state index in [9.17, 15) is 0 Å². The van der Waals surface area contributed by atoms with Crippen LogP contribution in [0.1, 0.15) is 33.0 Å². The van der Waals surface area contributed by atoms with Crippen LogP contribution in [-0.4, -0.2) is 42.0 Å². The topological polar surface area (TPSA) is 48.3 Å². The highest BCUT2D eigenvalue weighted by Gasteiger charge is 2.10. The summed E-state index contributed by atoms with van der Waals surface area (Å²) in [7, 11) is 1.71. The molecule has 0 aliphatic rings. The molecular formula is C14H27N3O2. The molecule has 0 aliphatic carbocycles. The summed E-state index contributed by atoms with van der Waals surface area (Å²) in [5.74, 6) is 1.05. The van der Waals surface area contributed by atoms with Crippen LogP contribution in [0.15, 0.2) is 12.4 Å². The first-order chi connectivity index (χ1) is 9.03. The first kappa shape index (κ1) is 16.1. The van der Waals surface area contributed by atoms with Crippen molar-refractivity contribution in [3.05, 3.63) is 18.2 Å². The van der Waals surface area contributed by atoms with Gasteiger partial charge in [0.25, 0.3) is 0 Å². The Morgan fingerprint density at radius 2 is 2.05 bits per heavy atom. The molecule has 0 fully saturated rings. The second kappa shape index (κ2) is 8.30. The summed E-state index contributed by atoms with van der Waals surface area (Å²) >= 11 is 0. The predicted molar refractivity (Wildman–Crippen MR) is 76.1 cm³/mol. The quantitative estimate of drug-likeness (QED) is 0.695. The van der Waals surface area contributed by atoms with E-state index >= 15 is 0 Å². The molecule has 0 amide bonds. The van der Waals surface area contributed by atoms with Gasteiger partial charge >= 0.3 is 0 Å². The fourth-order valence-corrected chi connectivity index (χ4v) is 1.63. The van der Waals surface area contributed by atoms with E-state index in [4.69, 9.17) is 9.47 Å². The molecule has 19 heavy (non-hydrogen) atoms. The highest BCUT2D eigenvalue weighted by Crippen LogP contribution is 2.03. The average Bonchev–Trinajstić information content (AvgIpc) is 2.78. The van der Waals surface area contributed by atoms with Gasteiger partial charge in [-0.05, 0) is 27.2 Å². The molecule has 0 saturated carbocycles. The van der Waals surface area contributed by atoms with E-state index in [1.165, 1.54) is 0 Å². The predicted octanol–water partition coefficient (Wildman–Crippen LogP) is 1.82. The molecule has 110 valence electrons. The molecule has 5 heteroatoms. The molecule has 1 aromatic heterocycles. The fraction of sp³-hybridized carbons (Fsp3) is 0.786. The summed E-state index contributed by atoms with van der Waals surface area (Å²) in [4.78, 5) is 4.37. The molecule has 0 saturated heterocycles. The standard InChI is InChI=1S/C14H27N3O2/c1-14(2,3)16-12-13-15-6-7-17(13)8-11-19-10-5-9-18-4/h6-7,16H,5,8-12H2,1-4H3. The Kier molecular flexibility index (Phi) is 7.05. The van der Waals surface area contributed by atoms with Gasteiger partial charge in [0, 0.05) is 44.8 Å². The van der Waals surface area contributed by atoms with E-state index in [1.54, 1.807) is 7.11 Å². The number of hydrogen-bond donors (Lipinski definition) is 1. The summed E-state index contributed by atoms with van der Waals surface area (Å²) in [5, 5.41) is 3.44. The molecule has 1 rings (SSSR count). The molecule has 0 aliphatic heterocycles. The zero-order chi connectivity index (χ0) is 14.1. The minimum Gasteiger partial charge on any atom is -0.385 e. The van der Waals surface area contributed by atoms with Crippen LogP contribution in [0.5, 0.6) is 0 Å². The van der Waals surface area contributed by atoms with Crippen LogP contribution < -0.4 is 5.32 Å². The molecule has 5 nitrogen and oxygen atoms in total. The van der Waals surface area contributed by atoms with Crippen molar-refractivity contribution in [3.8, 4) is 0 Å². The van der Waals surface area contributed by atoms with Crippen molar-refractivity contribution in [2.75, 3.05) is 26.9 Å². The smallest absolute Gasteiger partial charge is 0.122 e. The minimum atomic E-state index is 0.105. The third-order valence-corrected chi connectivity index (χ3v) is 2.69. The number of rotatable bonds is 9. The average molecular weight is 269 g/mol. The largest absolute Gasteiger partial charge is 0.385 e. The zero-order valence-electron chi connectivity index (χ0n) is 12.6. The van der Waals surface area contributed by atoms with Crippen LogP contribution in [0, 0.1) is 0 Å². The molecule has 0 aromatic carbocycles. The molecule has 1 heterocycles. The number of aromatic nitrogens is 2. The lowest BCUT2D eigenvalue weighted by molar-refractivity contribution is 0.0972. The van der Waals surface area contributed by atoms with Crippen LogP contribution in [0.4, 0.5) is 0 Å². The van der Waals surface area contributed by atoms with Gasteiger partial charge < -0.3 is 19.4 Å². The van der Waals surface area contributed by atoms with Crippen molar-refractivity contribution in [1.82, 2.24) is 14.9 Å². The van der Waals surface area contributed by atoms with Gasteiger partial charge in [-0.25, -0.2) is 4.98 Å². The van der Waals surface area contributed by atoms with Crippen LogP contribution in [0.2, 0.25) is 0 Å². The Morgan fingerprint density at radius 3 is 2.74 bits per heavy atom. The number of nitrogens with zero attached hydrogens (tertiary/aromatic N) is 2. The van der Waals surface area contributed by atoms with E-state index in [1.807, 2.05) is 12.4 Å². The van der Waals surface area contributed by atoms with Crippen molar-refractivity contribution >= 4 is 0 Å². The lowest BCUT2D eigenvalue weighted by Crippen LogP contribution is -2.36. The Morgan fingerprint density at radius 1 is 1.26 bits per heavy atom. The Balaban J connectivity index is 2.25. The van der Waals surface area contributed by atoms with Crippen molar-refractivity contribution in [2.24, 2.45) is 0 Å². The SMILES string of the molecule is COCCCOCCn1ccnc1CNC(C)(C)C. The number of ether oxygens (including phenoxy) is 2. The number of nitrogens with one attached hydrogen (secondary N) is 1. The van der Waals surface area contributed by atoms with Gasteiger partial charge in [-0.3, -0.25) is 0 Å². The first-order valence-corrected chi connectivity index (χ1v) is 6.84. The van der Waals surface area contributed by atoms with Crippen LogP contribution >= 0.6 is 0 Å². The van der Waals surface area contributed by atoms with E-state index in [-0.39, 0.29) is 5.54 Å². The highest BCUT2D eigenvalue weighted by atomic mass is 16.5. The van der Waals surface area contributed by atoms with Gasteiger partial charge in [0.1, 0.15) is 5.82 Å². The van der Waals surface area contributed by atoms with Gasteiger partial charge in [-0.15, -0.1) is 0 Å². The Hall–Kier alpha value is -0.910. The maximum Gasteiger partial charge on any atom is 0.122 e. The number of hydrogen-bond acceptors (Lipinski definition) is 4.